The van der Waals surface area contributed by atoms with Gasteiger partial charge in [0, 0.05) is 5.56 Å². The Kier molecular flexibility index (Phi) is 3.78. The number of carboxylic acids is 3. The molecule has 0 heterocycles. The van der Waals surface area contributed by atoms with Crippen molar-refractivity contribution < 1.29 is 42.9 Å². The summed E-state index contributed by atoms with van der Waals surface area (Å²) < 4.78 is 40.3. The predicted molar refractivity (Wildman–Crippen MR) is 51.6 cm³/mol. The van der Waals surface area contributed by atoms with Crippen LogP contribution >= 0.6 is 0 Å². The van der Waals surface area contributed by atoms with Gasteiger partial charge in [0.05, 0.1) is 6.42 Å². The van der Waals surface area contributed by atoms with Crippen molar-refractivity contribution >= 4 is 17.9 Å². The van der Waals surface area contributed by atoms with E-state index in [4.69, 9.17) is 15.3 Å². The quantitative estimate of drug-likeness (QED) is 0.712. The summed E-state index contributed by atoms with van der Waals surface area (Å²) in [5, 5.41) is 25.6. The van der Waals surface area contributed by atoms with E-state index in [1.54, 1.807) is 0 Å². The van der Waals surface area contributed by atoms with Crippen LogP contribution in [0.4, 0.5) is 13.2 Å². The molecule has 102 valence electrons. The van der Waals surface area contributed by atoms with Crippen molar-refractivity contribution in [1.29, 1.82) is 0 Å². The van der Waals surface area contributed by atoms with Crippen LogP contribution in [0, 0.1) is 17.5 Å². The van der Waals surface area contributed by atoms with Crippen LogP contribution in [0.1, 0.15) is 26.3 Å². The zero-order valence-corrected chi connectivity index (χ0v) is 8.91. The number of hydrogen-bond acceptors (Lipinski definition) is 3. The molecule has 1 rings (SSSR count). The highest BCUT2D eigenvalue weighted by molar-refractivity contribution is 5.96. The van der Waals surface area contributed by atoms with Gasteiger partial charge in [-0.25, -0.2) is 22.8 Å². The molecule has 19 heavy (non-hydrogen) atoms. The van der Waals surface area contributed by atoms with Crippen LogP contribution in [0.2, 0.25) is 0 Å². The van der Waals surface area contributed by atoms with Crippen molar-refractivity contribution in [3.8, 4) is 0 Å². The van der Waals surface area contributed by atoms with Crippen molar-refractivity contribution in [3.05, 3.63) is 34.1 Å². The highest BCUT2D eigenvalue weighted by Crippen LogP contribution is 2.26. The minimum atomic E-state index is -2.21. The number of halogens is 3. The van der Waals surface area contributed by atoms with Gasteiger partial charge in [-0.1, -0.05) is 0 Å². The predicted octanol–water partition coefficient (Wildman–Crippen LogP) is 1.13. The smallest absolute Gasteiger partial charge is 0.341 e. The fourth-order valence-electron chi connectivity index (χ4n) is 1.43. The molecule has 0 aliphatic carbocycles. The third-order valence-electron chi connectivity index (χ3n) is 2.17. The highest BCUT2D eigenvalue weighted by atomic mass is 19.2. The Hall–Kier alpha value is -2.58. The normalized spacial score (nSPS) is 10.3. The van der Waals surface area contributed by atoms with Crippen molar-refractivity contribution in [1.82, 2.24) is 0 Å². The third kappa shape index (κ3) is 2.49. The molecule has 0 fully saturated rings. The summed E-state index contributed by atoms with van der Waals surface area (Å²) in [7, 11) is 0. The molecule has 0 aliphatic heterocycles. The summed E-state index contributed by atoms with van der Waals surface area (Å²) in [6, 6.07) is 0. The highest BCUT2D eigenvalue weighted by Gasteiger charge is 2.32. The molecule has 6 nitrogen and oxygen atoms in total. The van der Waals surface area contributed by atoms with E-state index in [9.17, 15) is 27.6 Å². The number of hydrogen-bond donors (Lipinski definition) is 3. The first kappa shape index (κ1) is 14.5. The van der Waals surface area contributed by atoms with Gasteiger partial charge in [0.25, 0.3) is 0 Å². The third-order valence-corrected chi connectivity index (χ3v) is 2.17. The van der Waals surface area contributed by atoms with E-state index in [1.165, 1.54) is 0 Å². The molecule has 0 amide bonds. The van der Waals surface area contributed by atoms with Gasteiger partial charge in [0.1, 0.15) is 11.1 Å². The van der Waals surface area contributed by atoms with Crippen LogP contribution in [0.3, 0.4) is 0 Å². The molecule has 0 atom stereocenters. The first-order valence-electron chi connectivity index (χ1n) is 4.56. The van der Waals surface area contributed by atoms with Crippen LogP contribution in [-0.4, -0.2) is 33.2 Å². The van der Waals surface area contributed by atoms with Gasteiger partial charge in [-0.15, -0.1) is 0 Å². The minimum Gasteiger partial charge on any atom is -0.481 e. The van der Waals surface area contributed by atoms with Crippen LogP contribution in [0.25, 0.3) is 0 Å². The van der Waals surface area contributed by atoms with Gasteiger partial charge in [-0.2, -0.15) is 0 Å². The van der Waals surface area contributed by atoms with Gasteiger partial charge in [0.2, 0.25) is 0 Å². The van der Waals surface area contributed by atoms with E-state index >= 15 is 0 Å². The Morgan fingerprint density at radius 3 is 1.63 bits per heavy atom. The first-order chi connectivity index (χ1) is 8.68. The van der Waals surface area contributed by atoms with E-state index in [0.717, 1.165) is 0 Å². The number of benzene rings is 1. The van der Waals surface area contributed by atoms with Gasteiger partial charge >= 0.3 is 17.9 Å². The Morgan fingerprint density at radius 1 is 0.789 bits per heavy atom. The number of rotatable bonds is 4. The lowest BCUT2D eigenvalue weighted by Gasteiger charge is -2.10. The molecule has 1 aromatic carbocycles. The SMILES string of the molecule is O=C(O)Cc1c(F)c(F)c(C(=O)O)c(F)c1C(=O)O. The number of carbonyl (C=O) groups is 3. The second-order valence-electron chi connectivity index (χ2n) is 3.35. The van der Waals surface area contributed by atoms with Crippen molar-refractivity contribution in [2.75, 3.05) is 0 Å². The molecule has 3 N–H and O–H groups in total. The molecule has 0 aromatic heterocycles. The summed E-state index contributed by atoms with van der Waals surface area (Å²) in [5.74, 6) is -12.2. The number of aromatic carboxylic acids is 2. The standard InChI is InChI=1S/C10H5F3O6/c11-6-2(1-3(14)15)4(9(16)17)7(12)5(8(6)13)10(18)19/h1H2,(H,14,15)(H,16,17)(H,18,19). The van der Waals surface area contributed by atoms with E-state index in [1.807, 2.05) is 0 Å². The number of aliphatic carboxylic acids is 1. The van der Waals surface area contributed by atoms with E-state index in [2.05, 4.69) is 0 Å². The Labute approximate surface area is 102 Å². The minimum absolute atomic E-state index is 1.26. The number of carboxylic acid groups (broad SMARTS) is 3. The Bertz CT molecular complexity index is 596. The molecule has 0 saturated heterocycles. The van der Waals surface area contributed by atoms with Gasteiger partial charge in [0.15, 0.2) is 17.5 Å². The molecule has 0 aliphatic rings. The van der Waals surface area contributed by atoms with Gasteiger partial charge in [-0.05, 0) is 0 Å². The summed E-state index contributed by atoms with van der Waals surface area (Å²) in [6.45, 7) is 0. The average molecular weight is 278 g/mol. The summed E-state index contributed by atoms with van der Waals surface area (Å²) in [6.07, 6.45) is -1.30. The summed E-state index contributed by atoms with van der Waals surface area (Å²) in [4.78, 5) is 31.7. The van der Waals surface area contributed by atoms with Gasteiger partial charge in [-0.3, -0.25) is 4.79 Å². The van der Waals surface area contributed by atoms with Crippen LogP contribution in [0.5, 0.6) is 0 Å². The van der Waals surface area contributed by atoms with Crippen LogP contribution in [-0.2, 0) is 11.2 Å². The second-order valence-corrected chi connectivity index (χ2v) is 3.35. The van der Waals surface area contributed by atoms with Crippen LogP contribution < -0.4 is 0 Å². The van der Waals surface area contributed by atoms with Crippen molar-refractivity contribution in [2.24, 2.45) is 0 Å². The maximum atomic E-state index is 13.6. The lowest BCUT2D eigenvalue weighted by Crippen LogP contribution is -2.19. The lowest BCUT2D eigenvalue weighted by atomic mass is 9.98. The fraction of sp³-hybridized carbons (Fsp3) is 0.100. The first-order valence-corrected chi connectivity index (χ1v) is 4.56. The summed E-state index contributed by atoms with van der Waals surface area (Å²) >= 11 is 0. The molecule has 9 heteroatoms. The molecular formula is C10H5F3O6. The second kappa shape index (κ2) is 4.96. The molecule has 0 radical (unpaired) electrons. The molecule has 0 saturated carbocycles. The summed E-state index contributed by atoms with van der Waals surface area (Å²) in [5.41, 5.74) is -4.57. The zero-order chi connectivity index (χ0) is 14.9. The lowest BCUT2D eigenvalue weighted by molar-refractivity contribution is -0.136. The molecule has 1 aromatic rings. The molecular weight excluding hydrogens is 273 g/mol. The molecule has 0 unspecified atom stereocenters. The van der Waals surface area contributed by atoms with Crippen LogP contribution in [0.15, 0.2) is 0 Å². The van der Waals surface area contributed by atoms with E-state index < -0.39 is 58.5 Å². The maximum absolute atomic E-state index is 13.6. The fourth-order valence-corrected chi connectivity index (χ4v) is 1.43. The average Bonchev–Trinajstić information content (AvgIpc) is 2.23. The maximum Gasteiger partial charge on any atom is 0.341 e. The van der Waals surface area contributed by atoms with E-state index in [0.29, 0.717) is 0 Å². The Balaban J connectivity index is 3.79. The Morgan fingerprint density at radius 2 is 1.26 bits per heavy atom. The monoisotopic (exact) mass is 278 g/mol. The van der Waals surface area contributed by atoms with Crippen molar-refractivity contribution in [2.45, 2.75) is 6.42 Å². The molecule has 0 spiro atoms. The zero-order valence-electron chi connectivity index (χ0n) is 8.91. The van der Waals surface area contributed by atoms with E-state index in [-0.39, 0.29) is 0 Å². The molecule has 0 bridgehead atoms. The van der Waals surface area contributed by atoms with Crippen molar-refractivity contribution in [3.63, 3.8) is 0 Å². The largest absolute Gasteiger partial charge is 0.481 e. The van der Waals surface area contributed by atoms with Gasteiger partial charge < -0.3 is 15.3 Å². The topological polar surface area (TPSA) is 112 Å².